The molecule has 1 fully saturated rings. The van der Waals surface area contributed by atoms with Gasteiger partial charge in [-0.3, -0.25) is 0 Å². The minimum Gasteiger partial charge on any atom is -0.508 e. The Morgan fingerprint density at radius 3 is 2.32 bits per heavy atom. The van der Waals surface area contributed by atoms with E-state index >= 15 is 0 Å². The molecule has 0 amide bonds. The van der Waals surface area contributed by atoms with E-state index in [9.17, 15) is 5.11 Å². The molecular formula is C26H26ClN3O. The summed E-state index contributed by atoms with van der Waals surface area (Å²) in [7, 11) is 0. The van der Waals surface area contributed by atoms with Crippen LogP contribution in [0.4, 0.5) is 11.4 Å². The molecule has 3 N–H and O–H groups in total. The van der Waals surface area contributed by atoms with Gasteiger partial charge in [-0.25, -0.2) is 4.99 Å². The van der Waals surface area contributed by atoms with Crippen LogP contribution < -0.4 is 10.6 Å². The molecule has 0 spiro atoms. The van der Waals surface area contributed by atoms with E-state index in [4.69, 9.17) is 17.3 Å². The van der Waals surface area contributed by atoms with Gasteiger partial charge < -0.3 is 15.7 Å². The molecular weight excluding hydrogens is 406 g/mol. The number of aromatic hydroxyl groups is 1. The van der Waals surface area contributed by atoms with Crippen molar-refractivity contribution in [2.75, 3.05) is 18.0 Å². The third kappa shape index (κ3) is 5.47. The Morgan fingerprint density at radius 2 is 1.65 bits per heavy atom. The van der Waals surface area contributed by atoms with Gasteiger partial charge in [-0.1, -0.05) is 48.0 Å². The minimum absolute atomic E-state index is 0.413. The summed E-state index contributed by atoms with van der Waals surface area (Å²) in [4.78, 5) is 6.77. The molecule has 4 nitrogen and oxygen atoms in total. The number of phenols is 1. The molecule has 0 bridgehead atoms. The molecule has 0 atom stereocenters. The van der Waals surface area contributed by atoms with Gasteiger partial charge in [0.25, 0.3) is 0 Å². The van der Waals surface area contributed by atoms with Crippen LogP contribution in [0.1, 0.15) is 29.9 Å². The number of nitrogens with two attached hydrogens (primary N) is 1. The van der Waals surface area contributed by atoms with Gasteiger partial charge in [0.2, 0.25) is 0 Å². The molecule has 1 saturated heterocycles. The van der Waals surface area contributed by atoms with E-state index in [2.05, 4.69) is 34.2 Å². The van der Waals surface area contributed by atoms with Crippen LogP contribution in [0.3, 0.4) is 0 Å². The fraction of sp³-hybridized carbons (Fsp3) is 0.192. The van der Waals surface area contributed by atoms with Crippen molar-refractivity contribution in [3.8, 4) is 5.75 Å². The summed E-state index contributed by atoms with van der Waals surface area (Å²) in [5.74, 6) is 1.27. The van der Waals surface area contributed by atoms with Crippen LogP contribution in [0.5, 0.6) is 5.75 Å². The number of rotatable bonds is 5. The minimum atomic E-state index is 0.413. The summed E-state index contributed by atoms with van der Waals surface area (Å²) in [6.07, 6.45) is 5.85. The number of phenolic OH excluding ortho intramolecular Hbond substituents is 1. The molecule has 4 rings (SSSR count). The van der Waals surface area contributed by atoms with Gasteiger partial charge in [0.1, 0.15) is 11.6 Å². The highest BCUT2D eigenvalue weighted by Gasteiger charge is 2.22. The molecule has 0 aliphatic carbocycles. The predicted octanol–water partition coefficient (Wildman–Crippen LogP) is 6.13. The molecule has 1 aliphatic heterocycles. The first-order valence-corrected chi connectivity index (χ1v) is 10.9. The number of halogens is 1. The average Bonchev–Trinajstić information content (AvgIpc) is 2.80. The Labute approximate surface area is 188 Å². The van der Waals surface area contributed by atoms with E-state index in [-0.39, 0.29) is 0 Å². The Morgan fingerprint density at radius 1 is 0.968 bits per heavy atom. The van der Waals surface area contributed by atoms with E-state index in [1.807, 2.05) is 36.4 Å². The number of benzene rings is 3. The SMILES string of the molecule is NC(/C=C/c1ccc(N2CCC(c3ccccc3O)CC2)cc1)=Nc1ccc(Cl)cc1. The number of hydrogen-bond donors (Lipinski definition) is 2. The third-order valence-electron chi connectivity index (χ3n) is 5.66. The zero-order valence-corrected chi connectivity index (χ0v) is 18.0. The maximum atomic E-state index is 10.1. The Hall–Kier alpha value is -3.24. The molecule has 1 heterocycles. The summed E-state index contributed by atoms with van der Waals surface area (Å²) < 4.78 is 0. The summed E-state index contributed by atoms with van der Waals surface area (Å²) in [6.45, 7) is 1.96. The van der Waals surface area contributed by atoms with Gasteiger partial charge in [0.15, 0.2) is 0 Å². The number of nitrogens with zero attached hydrogens (tertiary/aromatic N) is 2. The number of hydrogen-bond acceptors (Lipinski definition) is 3. The van der Waals surface area contributed by atoms with Crippen LogP contribution in [0.2, 0.25) is 5.02 Å². The normalized spacial score (nSPS) is 15.5. The van der Waals surface area contributed by atoms with Crippen LogP contribution >= 0.6 is 11.6 Å². The van der Waals surface area contributed by atoms with Crippen LogP contribution in [0.15, 0.2) is 83.9 Å². The van der Waals surface area contributed by atoms with Crippen molar-refractivity contribution in [3.05, 3.63) is 95.0 Å². The van der Waals surface area contributed by atoms with Crippen LogP contribution in [-0.2, 0) is 0 Å². The molecule has 0 unspecified atom stereocenters. The van der Waals surface area contributed by atoms with Crippen molar-refractivity contribution in [2.45, 2.75) is 18.8 Å². The van der Waals surface area contributed by atoms with Crippen molar-refractivity contribution >= 4 is 34.9 Å². The lowest BCUT2D eigenvalue weighted by Crippen LogP contribution is -2.32. The number of piperidine rings is 1. The largest absolute Gasteiger partial charge is 0.508 e. The van der Waals surface area contributed by atoms with Crippen molar-refractivity contribution in [1.82, 2.24) is 0 Å². The fourth-order valence-corrected chi connectivity index (χ4v) is 4.09. The van der Waals surface area contributed by atoms with Crippen molar-refractivity contribution in [2.24, 2.45) is 10.7 Å². The maximum absolute atomic E-state index is 10.1. The van der Waals surface area contributed by atoms with Gasteiger partial charge in [0.05, 0.1) is 5.69 Å². The van der Waals surface area contributed by atoms with Gasteiger partial charge in [-0.15, -0.1) is 0 Å². The monoisotopic (exact) mass is 431 g/mol. The van der Waals surface area contributed by atoms with Gasteiger partial charge in [-0.05, 0) is 78.4 Å². The number of anilines is 1. The second-order valence-corrected chi connectivity index (χ2v) is 8.19. The molecule has 1 aliphatic rings. The molecule has 0 aromatic heterocycles. The summed E-state index contributed by atoms with van der Waals surface area (Å²) in [6, 6.07) is 23.4. The van der Waals surface area contributed by atoms with Gasteiger partial charge in [-0.2, -0.15) is 0 Å². The maximum Gasteiger partial charge on any atom is 0.124 e. The van der Waals surface area contributed by atoms with Crippen LogP contribution in [-0.4, -0.2) is 24.0 Å². The highest BCUT2D eigenvalue weighted by molar-refractivity contribution is 6.30. The van der Waals surface area contributed by atoms with Crippen molar-refractivity contribution in [1.29, 1.82) is 0 Å². The smallest absolute Gasteiger partial charge is 0.124 e. The predicted molar refractivity (Wildman–Crippen MR) is 131 cm³/mol. The van der Waals surface area contributed by atoms with Gasteiger partial charge >= 0.3 is 0 Å². The Bertz CT molecular complexity index is 1070. The van der Waals surface area contributed by atoms with E-state index < -0.39 is 0 Å². The van der Waals surface area contributed by atoms with Crippen LogP contribution in [0, 0.1) is 0 Å². The second kappa shape index (κ2) is 9.71. The lowest BCUT2D eigenvalue weighted by molar-refractivity contribution is 0.441. The topological polar surface area (TPSA) is 61.8 Å². The summed E-state index contributed by atoms with van der Waals surface area (Å²) in [5.41, 5.74) is 10.1. The number of para-hydroxylation sites is 1. The quantitative estimate of drug-likeness (QED) is 0.377. The zero-order chi connectivity index (χ0) is 21.6. The highest BCUT2D eigenvalue weighted by Crippen LogP contribution is 2.34. The molecule has 158 valence electrons. The second-order valence-electron chi connectivity index (χ2n) is 7.76. The zero-order valence-electron chi connectivity index (χ0n) is 17.3. The Kier molecular flexibility index (Phi) is 6.58. The molecule has 5 heteroatoms. The lowest BCUT2D eigenvalue weighted by atomic mass is 9.88. The number of aliphatic imine (C=N–C) groups is 1. The first-order valence-electron chi connectivity index (χ1n) is 10.5. The lowest BCUT2D eigenvalue weighted by Gasteiger charge is -2.34. The van der Waals surface area contributed by atoms with Crippen molar-refractivity contribution < 1.29 is 5.11 Å². The van der Waals surface area contributed by atoms with E-state index in [0.29, 0.717) is 22.5 Å². The third-order valence-corrected chi connectivity index (χ3v) is 5.91. The first-order chi connectivity index (χ1) is 15.1. The van der Waals surface area contributed by atoms with E-state index in [1.54, 1.807) is 24.3 Å². The van der Waals surface area contributed by atoms with E-state index in [0.717, 1.165) is 42.7 Å². The van der Waals surface area contributed by atoms with E-state index in [1.165, 1.54) is 5.69 Å². The standard InChI is InChI=1S/C26H26ClN3O/c27-21-8-10-22(11-9-21)29-26(28)14-7-19-5-12-23(13-6-19)30-17-15-20(16-18-30)24-3-1-2-4-25(24)31/h1-14,20,31H,15-18H2,(H2,28,29)/b14-7+. The molecule has 0 saturated carbocycles. The molecule has 0 radical (unpaired) electrons. The molecule has 3 aromatic rings. The van der Waals surface area contributed by atoms with Crippen molar-refractivity contribution in [3.63, 3.8) is 0 Å². The Balaban J connectivity index is 1.35. The summed E-state index contributed by atoms with van der Waals surface area (Å²) in [5, 5.41) is 10.8. The van der Waals surface area contributed by atoms with Crippen LogP contribution in [0.25, 0.3) is 6.08 Å². The fourth-order valence-electron chi connectivity index (χ4n) is 3.96. The van der Waals surface area contributed by atoms with Gasteiger partial charge in [0, 0.05) is 23.8 Å². The summed E-state index contributed by atoms with van der Waals surface area (Å²) >= 11 is 5.89. The number of amidine groups is 1. The first kappa shape index (κ1) is 21.0. The molecule has 31 heavy (non-hydrogen) atoms. The highest BCUT2D eigenvalue weighted by atomic mass is 35.5. The average molecular weight is 432 g/mol. The molecule has 3 aromatic carbocycles.